The van der Waals surface area contributed by atoms with Crippen molar-refractivity contribution in [3.63, 3.8) is 0 Å². The quantitative estimate of drug-likeness (QED) is 0.0732. The Hall–Kier alpha value is -11.3. The maximum absolute atomic E-state index is 15.0. The number of hydrogen-bond acceptors (Lipinski definition) is 15. The Kier molecular flexibility index (Phi) is 19.8. The van der Waals surface area contributed by atoms with Crippen LogP contribution in [0.25, 0.3) is 50.3 Å². The van der Waals surface area contributed by atoms with E-state index < -0.39 is 40.8 Å². The van der Waals surface area contributed by atoms with Crippen molar-refractivity contribution in [1.82, 2.24) is 57.8 Å². The fraction of sp³-hybridized carbons (Fsp3) is 0.267. The minimum Gasteiger partial charge on any atom is -0.493 e. The van der Waals surface area contributed by atoms with Crippen LogP contribution in [0.15, 0.2) is 110 Å². The number of carbonyl (C=O) groups is 1. The first kappa shape index (κ1) is 70.2. The van der Waals surface area contributed by atoms with Crippen molar-refractivity contribution in [2.75, 3.05) is 78.1 Å². The molecular weight excluding hydrogens is 1350 g/mol. The Bertz CT molecular complexity index is 5150. The minimum atomic E-state index is -0.939. The van der Waals surface area contributed by atoms with Crippen molar-refractivity contribution >= 4 is 40.7 Å². The number of halogens is 9. The monoisotopic (exact) mass is 1420 g/mol. The van der Waals surface area contributed by atoms with Crippen LogP contribution < -0.4 is 30.2 Å². The number of rotatable bonds is 17. The summed E-state index contributed by atoms with van der Waals surface area (Å²) in [5.74, 6) is -2.86. The fourth-order valence-electron chi connectivity index (χ4n) is 12.9. The molecule has 6 aromatic heterocycles. The Morgan fingerprint density at radius 2 is 0.806 bits per heavy atom. The molecule has 0 saturated heterocycles. The van der Waals surface area contributed by atoms with Gasteiger partial charge >= 0.3 is 0 Å². The molecule has 103 heavy (non-hydrogen) atoms. The molecule has 0 fully saturated rings. The summed E-state index contributed by atoms with van der Waals surface area (Å²) in [6.07, 6.45) is 11.4. The summed E-state index contributed by atoms with van der Waals surface area (Å²) >= 11 is 0. The summed E-state index contributed by atoms with van der Waals surface area (Å²) in [5.41, 5.74) is 8.49. The third kappa shape index (κ3) is 14.1. The predicted octanol–water partition coefficient (Wildman–Crippen LogP) is 13.8. The van der Waals surface area contributed by atoms with Gasteiger partial charge in [-0.15, -0.1) is 0 Å². The van der Waals surface area contributed by atoms with Gasteiger partial charge in [-0.3, -0.25) is 18.0 Å². The Morgan fingerprint density at radius 3 is 1.20 bits per heavy atom. The highest BCUT2D eigenvalue weighted by Crippen LogP contribution is 2.38. The standard InChI is InChI=1S/C25H22F3N5O2.2C25H24F3N5O/c1-13-12-33-23(31-13)18(15-8-21(28)16(9-20(15)27)24(34)32(2)3)11-30-25(33)29-10-17-14-6-7-35-22(14)5-4-19(17)26;1-14-12-33-24(31-14)19(17-9-21(27)15(8-22(17)28)13-32(2)3)11-30-25(33)29-10-18-16-6-7-34-23(16)5-4-20(18)26;1-14-12-33-24(31-14)19(17-5-4-15(13-32(2)3)22(27)23(17)28)11-30-25(33)29-10-18-16-8-9-34-21(16)7-6-20(18)26/h4-5,8-9,11-12H,6-7,10H2,1-3H3,(H,29,30);4-5,8-9,11-12H,6-7,10,13H2,1-3H3,(H,29,30);4-7,11-12H,8-10,13H2,1-3H3,(H,29,30). The molecule has 532 valence electrons. The van der Waals surface area contributed by atoms with Crippen LogP contribution in [0.3, 0.4) is 0 Å². The molecule has 0 unspecified atom stereocenters. The number of nitrogens with one attached hydrogen (secondary N) is 3. The molecule has 0 atom stereocenters. The maximum atomic E-state index is 15.0. The highest BCUT2D eigenvalue weighted by atomic mass is 19.2. The first-order valence-corrected chi connectivity index (χ1v) is 32.9. The molecule has 1 amide bonds. The molecule has 9 heterocycles. The molecule has 19 nitrogen and oxygen atoms in total. The van der Waals surface area contributed by atoms with Crippen LogP contribution in [0.1, 0.15) is 71.9 Å². The molecule has 0 spiro atoms. The van der Waals surface area contributed by atoms with Crippen LogP contribution in [0, 0.1) is 73.1 Å². The van der Waals surface area contributed by atoms with Gasteiger partial charge in [0.1, 0.15) is 74.9 Å². The zero-order chi connectivity index (χ0) is 72.8. The van der Waals surface area contributed by atoms with E-state index in [1.165, 1.54) is 67.9 Å². The number of anilines is 3. The third-order valence-electron chi connectivity index (χ3n) is 17.8. The van der Waals surface area contributed by atoms with Gasteiger partial charge in [-0.2, -0.15) is 0 Å². The van der Waals surface area contributed by atoms with Crippen molar-refractivity contribution in [2.45, 2.75) is 72.8 Å². The zero-order valence-electron chi connectivity index (χ0n) is 57.6. The lowest BCUT2D eigenvalue weighted by molar-refractivity contribution is 0.0822. The van der Waals surface area contributed by atoms with Crippen LogP contribution in [0.4, 0.5) is 57.4 Å². The molecule has 6 aromatic carbocycles. The van der Waals surface area contributed by atoms with Crippen molar-refractivity contribution in [3.8, 4) is 50.6 Å². The number of aryl methyl sites for hydroxylation is 3. The summed E-state index contributed by atoms with van der Waals surface area (Å²) in [6, 6.07) is 16.4. The van der Waals surface area contributed by atoms with E-state index >= 15 is 13.2 Å². The van der Waals surface area contributed by atoms with Gasteiger partial charge in [0.2, 0.25) is 17.8 Å². The molecule has 15 rings (SSSR count). The van der Waals surface area contributed by atoms with Gasteiger partial charge in [0.25, 0.3) is 5.91 Å². The lowest BCUT2D eigenvalue weighted by atomic mass is 10.0. The molecule has 0 aliphatic carbocycles. The van der Waals surface area contributed by atoms with E-state index in [0.717, 1.165) is 28.8 Å². The molecule has 28 heteroatoms. The second-order valence-electron chi connectivity index (χ2n) is 25.9. The van der Waals surface area contributed by atoms with E-state index in [1.807, 2.05) is 0 Å². The first-order valence-electron chi connectivity index (χ1n) is 32.9. The van der Waals surface area contributed by atoms with E-state index in [4.69, 9.17) is 14.2 Å². The largest absolute Gasteiger partial charge is 0.493 e. The summed E-state index contributed by atoms with van der Waals surface area (Å²) < 4.78 is 154. The third-order valence-corrected chi connectivity index (χ3v) is 17.8. The molecular formula is C75H70F9N15O4. The zero-order valence-corrected chi connectivity index (χ0v) is 57.6. The minimum absolute atomic E-state index is 0.0727. The van der Waals surface area contributed by atoms with Gasteiger partial charge in [-0.1, -0.05) is 12.1 Å². The van der Waals surface area contributed by atoms with Gasteiger partial charge in [0, 0.05) is 181 Å². The number of benzene rings is 6. The molecule has 3 aliphatic rings. The normalized spacial score (nSPS) is 12.8. The Morgan fingerprint density at radius 1 is 0.427 bits per heavy atom. The van der Waals surface area contributed by atoms with Crippen LogP contribution in [-0.4, -0.2) is 126 Å². The first-order chi connectivity index (χ1) is 49.4. The highest BCUT2D eigenvalue weighted by Gasteiger charge is 2.28. The van der Waals surface area contributed by atoms with Crippen LogP contribution >= 0.6 is 0 Å². The highest BCUT2D eigenvalue weighted by molar-refractivity contribution is 5.95. The topological polar surface area (TPSA) is 181 Å². The van der Waals surface area contributed by atoms with E-state index in [2.05, 4.69) is 45.9 Å². The van der Waals surface area contributed by atoms with Gasteiger partial charge in [0.15, 0.2) is 11.6 Å². The molecule has 12 aromatic rings. The van der Waals surface area contributed by atoms with Crippen LogP contribution in [0.2, 0.25) is 0 Å². The smallest absolute Gasteiger partial charge is 0.256 e. The average Bonchev–Trinajstić information content (AvgIpc) is 1.71. The van der Waals surface area contributed by atoms with Crippen LogP contribution in [-0.2, 0) is 52.0 Å². The van der Waals surface area contributed by atoms with E-state index in [9.17, 15) is 31.1 Å². The van der Waals surface area contributed by atoms with Crippen molar-refractivity contribution in [1.29, 1.82) is 0 Å². The van der Waals surface area contributed by atoms with Crippen molar-refractivity contribution in [3.05, 3.63) is 229 Å². The SMILES string of the molecule is Cc1cn2c(NCc3c(F)ccc4c3CCO4)ncc(-c3cc(F)c(C(=O)N(C)C)cc3F)c2n1.Cc1cn2c(NCc3c(F)ccc4c3CCO4)ncc(-c3cc(F)c(CN(C)C)cc3F)c2n1.Cc1cn2c(NCc3c(F)ccc4c3CCO4)ncc(-c3ccc(CN(C)C)c(F)c3F)c2n1. The lowest BCUT2D eigenvalue weighted by Gasteiger charge is -2.15. The molecule has 3 aliphatic heterocycles. The molecule has 0 saturated carbocycles. The molecule has 3 N–H and O–H groups in total. The van der Waals surface area contributed by atoms with Crippen molar-refractivity contribution in [2.24, 2.45) is 0 Å². The van der Waals surface area contributed by atoms with E-state index in [-0.39, 0.29) is 89.1 Å². The number of aromatic nitrogens is 9. The number of nitrogens with zero attached hydrogens (tertiary/aromatic N) is 12. The van der Waals surface area contributed by atoms with Gasteiger partial charge in [0.05, 0.1) is 42.5 Å². The molecule has 0 radical (unpaired) electrons. The molecule has 0 bridgehead atoms. The summed E-state index contributed by atoms with van der Waals surface area (Å²) in [4.78, 5) is 43.6. The van der Waals surface area contributed by atoms with E-state index in [1.54, 1.807) is 121 Å². The number of ether oxygens (including phenoxy) is 3. The van der Waals surface area contributed by atoms with Gasteiger partial charge in [-0.25, -0.2) is 69.4 Å². The summed E-state index contributed by atoms with van der Waals surface area (Å²) in [5, 5.41) is 9.46. The lowest BCUT2D eigenvalue weighted by Crippen LogP contribution is -2.23. The van der Waals surface area contributed by atoms with E-state index in [0.29, 0.717) is 136 Å². The maximum Gasteiger partial charge on any atom is 0.256 e. The second kappa shape index (κ2) is 29.0. The second-order valence-corrected chi connectivity index (χ2v) is 25.9. The van der Waals surface area contributed by atoms with Gasteiger partial charge < -0.3 is 44.9 Å². The summed E-state index contributed by atoms with van der Waals surface area (Å²) in [6.45, 7) is 8.04. The van der Waals surface area contributed by atoms with Crippen LogP contribution in [0.5, 0.6) is 17.2 Å². The fourth-order valence-corrected chi connectivity index (χ4v) is 12.9. The predicted molar refractivity (Wildman–Crippen MR) is 371 cm³/mol. The summed E-state index contributed by atoms with van der Waals surface area (Å²) in [7, 11) is 10.1. The number of amides is 1. The Labute approximate surface area is 585 Å². The average molecular weight is 1420 g/mol. The van der Waals surface area contributed by atoms with Gasteiger partial charge in [-0.05, 0) is 110 Å². The number of fused-ring (bicyclic) bond motifs is 6. The van der Waals surface area contributed by atoms with Crippen molar-refractivity contribution < 1.29 is 58.5 Å². The Balaban J connectivity index is 0.000000138. The number of hydrogen-bond donors (Lipinski definition) is 3. The number of imidazole rings is 3. The number of carbonyl (C=O) groups excluding carboxylic acids is 1.